The highest BCUT2D eigenvalue weighted by molar-refractivity contribution is 6.17. The van der Waals surface area contributed by atoms with Crippen molar-refractivity contribution in [2.24, 2.45) is 0 Å². The van der Waals surface area contributed by atoms with E-state index in [1.165, 1.54) is 6.42 Å². The highest BCUT2D eigenvalue weighted by atomic mass is 35.5. The maximum absolute atomic E-state index is 12.3. The van der Waals surface area contributed by atoms with Crippen molar-refractivity contribution in [3.63, 3.8) is 0 Å². The normalized spacial score (nSPS) is 20.3. The van der Waals surface area contributed by atoms with Crippen molar-refractivity contribution >= 4 is 17.5 Å². The van der Waals surface area contributed by atoms with Gasteiger partial charge in [0.05, 0.1) is 5.56 Å². The number of pyridine rings is 1. The number of piperidine rings is 1. The van der Waals surface area contributed by atoms with Crippen molar-refractivity contribution in [3.05, 3.63) is 30.1 Å². The van der Waals surface area contributed by atoms with Crippen molar-refractivity contribution in [2.75, 3.05) is 12.4 Å². The first-order valence-electron chi connectivity index (χ1n) is 6.10. The zero-order valence-electron chi connectivity index (χ0n) is 9.81. The summed E-state index contributed by atoms with van der Waals surface area (Å²) in [5.74, 6) is 0.703. The molecule has 0 aliphatic carbocycles. The summed E-state index contributed by atoms with van der Waals surface area (Å²) >= 11 is 5.80. The van der Waals surface area contributed by atoms with Crippen LogP contribution in [0.25, 0.3) is 0 Å². The molecule has 0 radical (unpaired) electrons. The van der Waals surface area contributed by atoms with Gasteiger partial charge in [-0.25, -0.2) is 0 Å². The lowest BCUT2D eigenvalue weighted by Crippen LogP contribution is -2.44. The molecule has 3 nitrogen and oxygen atoms in total. The second-order valence-corrected chi connectivity index (χ2v) is 4.75. The van der Waals surface area contributed by atoms with E-state index >= 15 is 0 Å². The lowest BCUT2D eigenvalue weighted by atomic mass is 9.99. The van der Waals surface area contributed by atoms with Gasteiger partial charge in [-0.3, -0.25) is 9.78 Å². The Morgan fingerprint density at radius 1 is 1.53 bits per heavy atom. The molecule has 4 heteroatoms. The third-order valence-corrected chi connectivity index (χ3v) is 3.46. The van der Waals surface area contributed by atoms with Gasteiger partial charge in [0.25, 0.3) is 5.91 Å². The number of amides is 1. The maximum atomic E-state index is 12.3. The van der Waals surface area contributed by atoms with E-state index in [4.69, 9.17) is 11.6 Å². The Hall–Kier alpha value is -1.09. The van der Waals surface area contributed by atoms with Gasteiger partial charge in [0.1, 0.15) is 0 Å². The topological polar surface area (TPSA) is 33.2 Å². The summed E-state index contributed by atoms with van der Waals surface area (Å²) in [6, 6.07) is 3.92. The van der Waals surface area contributed by atoms with E-state index in [9.17, 15) is 4.79 Å². The number of aromatic nitrogens is 1. The van der Waals surface area contributed by atoms with Crippen molar-refractivity contribution in [1.82, 2.24) is 9.88 Å². The molecule has 2 rings (SSSR count). The highest BCUT2D eigenvalue weighted by Gasteiger charge is 2.26. The number of likely N-dealkylation sites (tertiary alicyclic amines) is 1. The summed E-state index contributed by atoms with van der Waals surface area (Å²) in [6.45, 7) is 0.843. The van der Waals surface area contributed by atoms with Crippen LogP contribution in [0.15, 0.2) is 24.5 Å². The van der Waals surface area contributed by atoms with Crippen LogP contribution >= 0.6 is 11.6 Å². The number of nitrogens with zero attached hydrogens (tertiary/aromatic N) is 2. The summed E-state index contributed by atoms with van der Waals surface area (Å²) in [5.41, 5.74) is 0.675. The van der Waals surface area contributed by atoms with Crippen LogP contribution in [0.3, 0.4) is 0 Å². The van der Waals surface area contributed by atoms with E-state index in [1.807, 2.05) is 11.0 Å². The molecule has 0 bridgehead atoms. The number of carbonyl (C=O) groups is 1. The average molecular weight is 253 g/mol. The number of rotatable bonds is 3. The van der Waals surface area contributed by atoms with Crippen molar-refractivity contribution < 1.29 is 4.79 Å². The molecule has 92 valence electrons. The SMILES string of the molecule is O=C(c1cccnc1)N1CCCCC1CCCl. The van der Waals surface area contributed by atoms with Crippen molar-refractivity contribution in [2.45, 2.75) is 31.7 Å². The molecule has 2 heterocycles. The molecular formula is C13H17ClN2O. The van der Waals surface area contributed by atoms with Crippen LogP contribution in [-0.2, 0) is 0 Å². The van der Waals surface area contributed by atoms with E-state index in [2.05, 4.69) is 4.98 Å². The Bertz CT molecular complexity index is 367. The maximum Gasteiger partial charge on any atom is 0.255 e. The molecule has 1 aromatic rings. The van der Waals surface area contributed by atoms with Gasteiger partial charge in [0.2, 0.25) is 0 Å². The van der Waals surface area contributed by atoms with E-state index in [0.717, 1.165) is 25.8 Å². The Balaban J connectivity index is 2.11. The minimum atomic E-state index is 0.0907. The van der Waals surface area contributed by atoms with Gasteiger partial charge >= 0.3 is 0 Å². The first-order chi connectivity index (χ1) is 8.33. The largest absolute Gasteiger partial charge is 0.336 e. The molecule has 1 aliphatic heterocycles. The fourth-order valence-corrected chi connectivity index (χ4v) is 2.60. The van der Waals surface area contributed by atoms with Crippen LogP contribution in [0.5, 0.6) is 0 Å². The zero-order valence-corrected chi connectivity index (χ0v) is 10.6. The molecule has 1 aromatic heterocycles. The molecule has 1 atom stereocenters. The number of hydrogen-bond acceptors (Lipinski definition) is 2. The third-order valence-electron chi connectivity index (χ3n) is 3.24. The average Bonchev–Trinajstić information content (AvgIpc) is 2.40. The number of hydrogen-bond donors (Lipinski definition) is 0. The molecule has 0 aromatic carbocycles. The van der Waals surface area contributed by atoms with Crippen molar-refractivity contribution in [1.29, 1.82) is 0 Å². The van der Waals surface area contributed by atoms with E-state index in [1.54, 1.807) is 18.5 Å². The van der Waals surface area contributed by atoms with Crippen LogP contribution in [0, 0.1) is 0 Å². The second kappa shape index (κ2) is 6.01. The van der Waals surface area contributed by atoms with Crippen molar-refractivity contribution in [3.8, 4) is 0 Å². The van der Waals surface area contributed by atoms with Gasteiger partial charge in [0.15, 0.2) is 0 Å². The first-order valence-corrected chi connectivity index (χ1v) is 6.63. The van der Waals surface area contributed by atoms with Crippen LogP contribution < -0.4 is 0 Å². The second-order valence-electron chi connectivity index (χ2n) is 4.37. The molecule has 0 spiro atoms. The van der Waals surface area contributed by atoms with Crippen LogP contribution in [0.4, 0.5) is 0 Å². The van der Waals surface area contributed by atoms with Gasteiger partial charge in [-0.2, -0.15) is 0 Å². The van der Waals surface area contributed by atoms with E-state index in [-0.39, 0.29) is 5.91 Å². The molecule has 17 heavy (non-hydrogen) atoms. The standard InChI is InChI=1S/C13H17ClN2O/c14-7-6-12-5-1-2-9-16(12)13(17)11-4-3-8-15-10-11/h3-4,8,10,12H,1-2,5-7,9H2. The van der Waals surface area contributed by atoms with Crippen LogP contribution in [-0.4, -0.2) is 34.3 Å². The summed E-state index contributed by atoms with van der Waals surface area (Å²) in [4.78, 5) is 18.3. The van der Waals surface area contributed by atoms with Gasteiger partial charge in [-0.15, -0.1) is 11.6 Å². The molecule has 1 amide bonds. The van der Waals surface area contributed by atoms with Gasteiger partial charge in [-0.1, -0.05) is 0 Å². The Labute approximate surface area is 107 Å². The summed E-state index contributed by atoms with van der Waals surface area (Å²) in [6.07, 6.45) is 7.55. The Morgan fingerprint density at radius 2 is 2.41 bits per heavy atom. The summed E-state index contributed by atoms with van der Waals surface area (Å²) < 4.78 is 0. The number of alkyl halides is 1. The number of carbonyl (C=O) groups excluding carboxylic acids is 1. The molecule has 1 saturated heterocycles. The summed E-state index contributed by atoms with van der Waals surface area (Å²) in [5, 5.41) is 0. The predicted molar refractivity (Wildman–Crippen MR) is 68.2 cm³/mol. The minimum absolute atomic E-state index is 0.0907. The lowest BCUT2D eigenvalue weighted by molar-refractivity contribution is 0.0609. The summed E-state index contributed by atoms with van der Waals surface area (Å²) in [7, 11) is 0. The van der Waals surface area contributed by atoms with E-state index in [0.29, 0.717) is 17.5 Å². The first kappa shape index (κ1) is 12.4. The number of halogens is 1. The fourth-order valence-electron chi connectivity index (χ4n) is 2.35. The van der Waals surface area contributed by atoms with Gasteiger partial charge in [-0.05, 0) is 37.8 Å². The third kappa shape index (κ3) is 2.97. The molecular weight excluding hydrogens is 236 g/mol. The Morgan fingerprint density at radius 3 is 3.12 bits per heavy atom. The molecule has 0 N–H and O–H groups in total. The zero-order chi connectivity index (χ0) is 12.1. The highest BCUT2D eigenvalue weighted by Crippen LogP contribution is 2.22. The van der Waals surface area contributed by atoms with Crippen LogP contribution in [0.1, 0.15) is 36.0 Å². The smallest absolute Gasteiger partial charge is 0.255 e. The van der Waals surface area contributed by atoms with Crippen LogP contribution in [0.2, 0.25) is 0 Å². The minimum Gasteiger partial charge on any atom is -0.336 e. The quantitative estimate of drug-likeness (QED) is 0.775. The monoisotopic (exact) mass is 252 g/mol. The molecule has 1 unspecified atom stereocenters. The molecule has 1 aliphatic rings. The fraction of sp³-hybridized carbons (Fsp3) is 0.538. The lowest BCUT2D eigenvalue weighted by Gasteiger charge is -2.35. The van der Waals surface area contributed by atoms with Gasteiger partial charge in [0, 0.05) is 30.9 Å². The predicted octanol–water partition coefficient (Wildman–Crippen LogP) is 2.71. The molecule has 0 saturated carbocycles. The Kier molecular flexibility index (Phi) is 4.37. The van der Waals surface area contributed by atoms with Gasteiger partial charge < -0.3 is 4.90 Å². The van der Waals surface area contributed by atoms with E-state index < -0.39 is 0 Å². The molecule has 1 fully saturated rings.